The molecular weight excluding hydrogens is 448 g/mol. The molecule has 0 bridgehead atoms. The van der Waals surface area contributed by atoms with Gasteiger partial charge in [0.25, 0.3) is 0 Å². The highest BCUT2D eigenvalue weighted by Crippen LogP contribution is 2.37. The molecule has 1 aromatic heterocycles. The number of fused-ring (bicyclic) bond motifs is 1. The third-order valence-corrected chi connectivity index (χ3v) is 6.71. The van der Waals surface area contributed by atoms with E-state index in [1.54, 1.807) is 12.1 Å². The van der Waals surface area contributed by atoms with Crippen LogP contribution in [0.5, 0.6) is 5.75 Å². The lowest BCUT2D eigenvalue weighted by Crippen LogP contribution is -2.32. The molecule has 3 aromatic rings. The van der Waals surface area contributed by atoms with Gasteiger partial charge in [0.2, 0.25) is 0 Å². The van der Waals surface area contributed by atoms with E-state index < -0.39 is 11.8 Å². The summed E-state index contributed by atoms with van der Waals surface area (Å²) in [5, 5.41) is 16.3. The maximum Gasteiger partial charge on any atom is 0.329 e. The van der Waals surface area contributed by atoms with Crippen LogP contribution in [0, 0.1) is 18.3 Å². The van der Waals surface area contributed by atoms with Gasteiger partial charge >= 0.3 is 11.8 Å². The van der Waals surface area contributed by atoms with Gasteiger partial charge in [-0.25, -0.2) is 5.43 Å². The van der Waals surface area contributed by atoms with Crippen molar-refractivity contribution in [3.8, 4) is 11.8 Å². The fourth-order valence-corrected chi connectivity index (χ4v) is 4.88. The number of hydrogen-bond donors (Lipinski definition) is 2. The van der Waals surface area contributed by atoms with Gasteiger partial charge in [0.15, 0.2) is 0 Å². The van der Waals surface area contributed by atoms with Crippen LogP contribution in [0.15, 0.2) is 53.6 Å². The number of aryl methyl sites for hydroxylation is 2. The number of amides is 2. The zero-order chi connectivity index (χ0) is 23.9. The topological polar surface area (TPSA) is 104 Å². The second kappa shape index (κ2) is 10.8. The summed E-state index contributed by atoms with van der Waals surface area (Å²) in [6.45, 7) is 2.51. The van der Waals surface area contributed by atoms with E-state index >= 15 is 0 Å². The smallest absolute Gasteiger partial charge is 0.329 e. The molecule has 0 aliphatic heterocycles. The fourth-order valence-electron chi connectivity index (χ4n) is 3.65. The number of hydrazone groups is 1. The van der Waals surface area contributed by atoms with Gasteiger partial charge in [0.05, 0.1) is 11.8 Å². The summed E-state index contributed by atoms with van der Waals surface area (Å²) in [6.07, 6.45) is 5.27. The van der Waals surface area contributed by atoms with E-state index in [4.69, 9.17) is 4.74 Å². The van der Waals surface area contributed by atoms with Crippen molar-refractivity contribution in [1.29, 1.82) is 5.26 Å². The van der Waals surface area contributed by atoms with Gasteiger partial charge in [-0.3, -0.25) is 9.59 Å². The minimum atomic E-state index is -0.899. The number of ether oxygens (including phenoxy) is 1. The molecule has 2 amide bonds. The first-order valence-corrected chi connectivity index (χ1v) is 11.8. The van der Waals surface area contributed by atoms with Crippen LogP contribution in [0.25, 0.3) is 0 Å². The monoisotopic (exact) mass is 472 g/mol. The van der Waals surface area contributed by atoms with Crippen molar-refractivity contribution in [2.75, 3.05) is 5.32 Å². The summed E-state index contributed by atoms with van der Waals surface area (Å²) in [7, 11) is 0. The Hall–Kier alpha value is -3.96. The predicted octanol–water partition coefficient (Wildman–Crippen LogP) is 4.47. The molecule has 1 aliphatic carbocycles. The van der Waals surface area contributed by atoms with Crippen LogP contribution in [0.3, 0.4) is 0 Å². The van der Waals surface area contributed by atoms with Crippen molar-refractivity contribution < 1.29 is 14.3 Å². The molecule has 0 atom stereocenters. The summed E-state index contributed by atoms with van der Waals surface area (Å²) in [4.78, 5) is 25.5. The maximum atomic E-state index is 12.3. The summed E-state index contributed by atoms with van der Waals surface area (Å²) >= 11 is 1.37. The third-order valence-electron chi connectivity index (χ3n) is 5.50. The molecular formula is C26H24N4O3S. The second-order valence-corrected chi connectivity index (χ2v) is 9.13. The quantitative estimate of drug-likeness (QED) is 0.314. The minimum Gasteiger partial charge on any atom is -0.489 e. The normalized spacial score (nSPS) is 12.6. The minimum absolute atomic E-state index is 0.430. The first-order valence-electron chi connectivity index (χ1n) is 11.0. The molecule has 1 heterocycles. The van der Waals surface area contributed by atoms with E-state index in [2.05, 4.69) is 21.9 Å². The number of anilines is 1. The summed E-state index contributed by atoms with van der Waals surface area (Å²) in [5.74, 6) is -1.04. The van der Waals surface area contributed by atoms with Crippen LogP contribution in [-0.2, 0) is 29.0 Å². The van der Waals surface area contributed by atoms with Crippen molar-refractivity contribution in [3.63, 3.8) is 0 Å². The Morgan fingerprint density at radius 3 is 2.56 bits per heavy atom. The van der Waals surface area contributed by atoms with E-state index in [0.29, 0.717) is 22.9 Å². The Morgan fingerprint density at radius 2 is 1.82 bits per heavy atom. The van der Waals surface area contributed by atoms with Gasteiger partial charge in [0, 0.05) is 4.88 Å². The van der Waals surface area contributed by atoms with Gasteiger partial charge < -0.3 is 10.1 Å². The Kier molecular flexibility index (Phi) is 7.35. The standard InChI is InChI=1S/C26H24N4O3S/c1-17-6-8-19(9-7-17)16-33-20-12-10-18(11-13-20)15-28-30-25(32)24(31)29-26-22(14-27)21-4-2-3-5-23(21)34-26/h6-13,15H,2-5,16H2,1H3,(H,29,31)(H,30,32)/b28-15-. The lowest BCUT2D eigenvalue weighted by atomic mass is 9.96. The number of nitrogens with zero attached hydrogens (tertiary/aromatic N) is 2. The van der Waals surface area contributed by atoms with E-state index in [-0.39, 0.29) is 0 Å². The SMILES string of the molecule is Cc1ccc(COc2ccc(/C=N\NC(=O)C(=O)Nc3sc4c(c3C#N)CCCC4)cc2)cc1. The largest absolute Gasteiger partial charge is 0.489 e. The Morgan fingerprint density at radius 1 is 1.09 bits per heavy atom. The molecule has 0 fully saturated rings. The number of carbonyl (C=O) groups is 2. The Labute approximate surface area is 202 Å². The molecule has 8 heteroatoms. The third kappa shape index (κ3) is 5.69. The molecule has 2 aromatic carbocycles. The number of thiophene rings is 1. The van der Waals surface area contributed by atoms with Crippen molar-refractivity contribution in [2.45, 2.75) is 39.2 Å². The molecule has 0 unspecified atom stereocenters. The first kappa shape index (κ1) is 23.2. The van der Waals surface area contributed by atoms with E-state index in [1.165, 1.54) is 23.1 Å². The lowest BCUT2D eigenvalue weighted by Gasteiger charge is -2.09. The van der Waals surface area contributed by atoms with Crippen molar-refractivity contribution in [1.82, 2.24) is 5.43 Å². The van der Waals surface area contributed by atoms with E-state index in [9.17, 15) is 14.9 Å². The summed E-state index contributed by atoms with van der Waals surface area (Å²) in [6, 6.07) is 17.5. The predicted molar refractivity (Wildman–Crippen MR) is 132 cm³/mol. The second-order valence-electron chi connectivity index (χ2n) is 8.02. The van der Waals surface area contributed by atoms with E-state index in [0.717, 1.165) is 47.3 Å². The average Bonchev–Trinajstić information content (AvgIpc) is 3.21. The van der Waals surface area contributed by atoms with Crippen LogP contribution in [0.4, 0.5) is 5.00 Å². The lowest BCUT2D eigenvalue weighted by molar-refractivity contribution is -0.136. The van der Waals surface area contributed by atoms with Gasteiger partial charge in [-0.15, -0.1) is 11.3 Å². The van der Waals surface area contributed by atoms with Crippen molar-refractivity contribution in [2.24, 2.45) is 5.10 Å². The summed E-state index contributed by atoms with van der Waals surface area (Å²) < 4.78 is 5.78. The molecule has 172 valence electrons. The number of benzene rings is 2. The van der Waals surface area contributed by atoms with Crippen molar-refractivity contribution in [3.05, 3.63) is 81.2 Å². The van der Waals surface area contributed by atoms with Crippen LogP contribution in [0.1, 0.15) is 45.5 Å². The van der Waals surface area contributed by atoms with E-state index in [1.807, 2.05) is 43.3 Å². The summed E-state index contributed by atoms with van der Waals surface area (Å²) in [5.41, 5.74) is 6.72. The Balaban J connectivity index is 1.28. The van der Waals surface area contributed by atoms with Gasteiger partial charge in [-0.1, -0.05) is 29.8 Å². The van der Waals surface area contributed by atoms with Gasteiger partial charge in [0.1, 0.15) is 23.4 Å². The molecule has 0 saturated heterocycles. The molecule has 1 aliphatic rings. The average molecular weight is 473 g/mol. The van der Waals surface area contributed by atoms with Crippen LogP contribution in [0.2, 0.25) is 0 Å². The zero-order valence-corrected chi connectivity index (χ0v) is 19.6. The molecule has 0 spiro atoms. The van der Waals surface area contributed by atoms with Gasteiger partial charge in [-0.05, 0) is 73.6 Å². The fraction of sp³-hybridized carbons (Fsp3) is 0.231. The number of carbonyl (C=O) groups excluding carboxylic acids is 2. The number of hydrogen-bond acceptors (Lipinski definition) is 6. The molecule has 4 rings (SSSR count). The van der Waals surface area contributed by atoms with Crippen LogP contribution in [-0.4, -0.2) is 18.0 Å². The number of nitrogens with one attached hydrogen (secondary N) is 2. The first-order chi connectivity index (χ1) is 16.5. The highest BCUT2D eigenvalue weighted by molar-refractivity contribution is 7.16. The molecule has 0 saturated carbocycles. The Bertz CT molecular complexity index is 1250. The maximum absolute atomic E-state index is 12.3. The molecule has 2 N–H and O–H groups in total. The van der Waals surface area contributed by atoms with Crippen LogP contribution < -0.4 is 15.5 Å². The molecule has 7 nitrogen and oxygen atoms in total. The molecule has 34 heavy (non-hydrogen) atoms. The van der Waals surface area contributed by atoms with Gasteiger partial charge in [-0.2, -0.15) is 10.4 Å². The highest BCUT2D eigenvalue weighted by atomic mass is 32.1. The van der Waals surface area contributed by atoms with Crippen molar-refractivity contribution >= 4 is 34.4 Å². The van der Waals surface area contributed by atoms with Crippen LogP contribution >= 0.6 is 11.3 Å². The zero-order valence-electron chi connectivity index (χ0n) is 18.8. The number of rotatable bonds is 6. The highest BCUT2D eigenvalue weighted by Gasteiger charge is 2.23. The molecule has 0 radical (unpaired) electrons. The number of nitriles is 1.